The standard InChI is InChI=1S/C11H8F6O5S2.Na/c1-2-7-3-5-8(6-4-7)22-24(20,21)11(16,17)9(12,13)10(14,15)23(18)19;/h2-6H,1H2,(H,18,19);/q;+1/p-1. The van der Waals surface area contributed by atoms with Crippen LogP contribution >= 0.6 is 0 Å². The van der Waals surface area contributed by atoms with Crippen molar-refractivity contribution >= 4 is 27.3 Å². The second kappa shape index (κ2) is 7.96. The molecule has 0 bridgehead atoms. The van der Waals surface area contributed by atoms with Crippen molar-refractivity contribution in [3.63, 3.8) is 0 Å². The normalized spacial score (nSPS) is 14.4. The van der Waals surface area contributed by atoms with Gasteiger partial charge in [-0.25, -0.2) is 0 Å². The maximum absolute atomic E-state index is 13.4. The van der Waals surface area contributed by atoms with Gasteiger partial charge >= 0.3 is 56.1 Å². The summed E-state index contributed by atoms with van der Waals surface area (Å²) in [5, 5.41) is -12.9. The molecule has 1 aromatic carbocycles. The average molecular weight is 420 g/mol. The summed E-state index contributed by atoms with van der Waals surface area (Å²) in [7, 11) is -6.67. The number of halogens is 6. The molecular weight excluding hydrogens is 413 g/mol. The number of rotatable bonds is 7. The first-order chi connectivity index (χ1) is 10.7. The van der Waals surface area contributed by atoms with Crippen LogP contribution in [0.3, 0.4) is 0 Å². The molecule has 0 aromatic heterocycles. The Balaban J connectivity index is 0.00000576. The molecule has 25 heavy (non-hydrogen) atoms. The molecule has 1 aromatic rings. The van der Waals surface area contributed by atoms with Gasteiger partial charge in [-0.15, -0.1) is 0 Å². The zero-order valence-electron chi connectivity index (χ0n) is 12.2. The van der Waals surface area contributed by atoms with Crippen molar-refractivity contribution in [2.75, 3.05) is 0 Å². The molecule has 0 saturated heterocycles. The summed E-state index contributed by atoms with van der Waals surface area (Å²) in [6.45, 7) is 3.33. The maximum atomic E-state index is 13.4. The van der Waals surface area contributed by atoms with Gasteiger partial charge in [0.05, 0.1) is 0 Å². The Hall–Kier alpha value is -0.600. The minimum atomic E-state index is -6.79. The van der Waals surface area contributed by atoms with Crippen molar-refractivity contribution in [2.24, 2.45) is 0 Å². The van der Waals surface area contributed by atoms with Crippen LogP contribution in [0.5, 0.6) is 5.75 Å². The fraction of sp³-hybridized carbons (Fsp3) is 0.273. The Labute approximate surface area is 162 Å². The second-order valence-corrected chi connectivity index (χ2v) is 6.72. The average Bonchev–Trinajstić information content (AvgIpc) is 2.46. The van der Waals surface area contributed by atoms with Gasteiger partial charge in [0.15, 0.2) is 0 Å². The van der Waals surface area contributed by atoms with E-state index >= 15 is 0 Å². The van der Waals surface area contributed by atoms with E-state index in [-0.39, 0.29) is 29.6 Å². The van der Waals surface area contributed by atoms with Crippen LogP contribution in [0.15, 0.2) is 30.8 Å². The topological polar surface area (TPSA) is 83.5 Å². The molecule has 0 fully saturated rings. The summed E-state index contributed by atoms with van der Waals surface area (Å²) in [6, 6.07) is 3.75. The van der Waals surface area contributed by atoms with Crippen molar-refractivity contribution in [3.05, 3.63) is 36.4 Å². The maximum Gasteiger partial charge on any atom is 1.00 e. The quantitative estimate of drug-likeness (QED) is 0.263. The first kappa shape index (κ1) is 24.4. The van der Waals surface area contributed by atoms with E-state index in [0.717, 1.165) is 24.3 Å². The number of hydrogen-bond donors (Lipinski definition) is 0. The zero-order valence-corrected chi connectivity index (χ0v) is 15.9. The largest absolute Gasteiger partial charge is 1.00 e. The number of hydrogen-bond acceptors (Lipinski definition) is 5. The molecule has 14 heteroatoms. The Bertz CT molecular complexity index is 751. The predicted octanol–water partition coefficient (Wildman–Crippen LogP) is -0.258. The second-order valence-electron chi connectivity index (χ2n) is 4.15. The molecule has 136 valence electrons. The Morgan fingerprint density at radius 3 is 1.88 bits per heavy atom. The van der Waals surface area contributed by atoms with Gasteiger partial charge in [-0.3, -0.25) is 4.21 Å². The van der Waals surface area contributed by atoms with Crippen molar-refractivity contribution in [1.29, 1.82) is 0 Å². The summed E-state index contributed by atoms with van der Waals surface area (Å²) in [6.07, 6.45) is 1.27. The third-order valence-electron chi connectivity index (χ3n) is 2.58. The van der Waals surface area contributed by atoms with E-state index in [1.807, 2.05) is 0 Å². The van der Waals surface area contributed by atoms with Gasteiger partial charge in [0.1, 0.15) is 5.75 Å². The minimum absolute atomic E-state index is 0. The molecule has 0 heterocycles. The van der Waals surface area contributed by atoms with Gasteiger partial charge in [-0.2, -0.15) is 34.8 Å². The van der Waals surface area contributed by atoms with Crippen molar-refractivity contribution in [3.8, 4) is 5.75 Å². The van der Waals surface area contributed by atoms with Gasteiger partial charge in [-0.05, 0) is 17.7 Å². The van der Waals surface area contributed by atoms with Crippen LogP contribution in [0.1, 0.15) is 5.56 Å². The summed E-state index contributed by atoms with van der Waals surface area (Å²) < 4.78 is 125. The SMILES string of the molecule is C=Cc1ccc(OS(=O)(=O)C(F)(F)C(F)(F)C(F)(F)S(=O)[O-])cc1.[Na+]. The third-order valence-corrected chi connectivity index (χ3v) is 4.55. The molecule has 0 spiro atoms. The molecule has 5 nitrogen and oxygen atoms in total. The van der Waals surface area contributed by atoms with Crippen molar-refractivity contribution in [2.45, 2.75) is 16.4 Å². The van der Waals surface area contributed by atoms with E-state index in [0.29, 0.717) is 5.56 Å². The van der Waals surface area contributed by atoms with E-state index in [4.69, 9.17) is 0 Å². The molecule has 0 saturated carbocycles. The monoisotopic (exact) mass is 420 g/mol. The summed E-state index contributed by atoms with van der Waals surface area (Å²) in [5.41, 5.74) is 0.380. The Kier molecular flexibility index (Phi) is 7.77. The third kappa shape index (κ3) is 4.39. The van der Waals surface area contributed by atoms with Gasteiger partial charge in [-0.1, -0.05) is 24.8 Å². The number of alkyl halides is 6. The van der Waals surface area contributed by atoms with Gasteiger partial charge < -0.3 is 8.74 Å². The van der Waals surface area contributed by atoms with E-state index in [1.54, 1.807) is 0 Å². The molecule has 1 atom stereocenters. The molecule has 0 amide bonds. The summed E-state index contributed by atoms with van der Waals surface area (Å²) >= 11 is -5.02. The predicted molar refractivity (Wildman–Crippen MR) is 69.8 cm³/mol. The summed E-state index contributed by atoms with van der Waals surface area (Å²) in [5.74, 6) is -7.67. The van der Waals surface area contributed by atoms with E-state index in [2.05, 4.69) is 10.8 Å². The molecule has 0 N–H and O–H groups in total. The van der Waals surface area contributed by atoms with Crippen LogP contribution in [0, 0.1) is 0 Å². The Morgan fingerprint density at radius 1 is 1.08 bits per heavy atom. The fourth-order valence-electron chi connectivity index (χ4n) is 1.27. The van der Waals surface area contributed by atoms with Crippen molar-refractivity contribution < 1.29 is 77.3 Å². The molecule has 1 unspecified atom stereocenters. The Morgan fingerprint density at radius 2 is 1.52 bits per heavy atom. The first-order valence-corrected chi connectivity index (χ1v) is 8.08. The van der Waals surface area contributed by atoms with E-state index in [9.17, 15) is 43.5 Å². The van der Waals surface area contributed by atoms with Crippen LogP contribution in [0.2, 0.25) is 0 Å². The van der Waals surface area contributed by atoms with Gasteiger partial charge in [0, 0.05) is 11.1 Å². The molecule has 0 radical (unpaired) electrons. The van der Waals surface area contributed by atoms with Crippen LogP contribution in [-0.4, -0.2) is 33.6 Å². The van der Waals surface area contributed by atoms with Crippen LogP contribution in [0.25, 0.3) is 6.08 Å². The fourth-order valence-corrected chi connectivity index (χ4v) is 2.58. The minimum Gasteiger partial charge on any atom is -0.768 e. The van der Waals surface area contributed by atoms with Gasteiger partial charge in [0.2, 0.25) is 0 Å². The van der Waals surface area contributed by atoms with Gasteiger partial charge in [0.25, 0.3) is 0 Å². The van der Waals surface area contributed by atoms with Crippen LogP contribution in [-0.2, 0) is 21.2 Å². The van der Waals surface area contributed by atoms with Crippen LogP contribution in [0.4, 0.5) is 26.3 Å². The molecule has 0 aliphatic rings. The molecular formula is C11H7F6NaO5S2. The van der Waals surface area contributed by atoms with E-state index in [1.165, 1.54) is 6.08 Å². The zero-order chi connectivity index (χ0) is 19.0. The molecule has 0 aliphatic carbocycles. The van der Waals surface area contributed by atoms with E-state index < -0.39 is 43.4 Å². The number of benzene rings is 1. The summed E-state index contributed by atoms with van der Waals surface area (Å²) in [4.78, 5) is 0. The van der Waals surface area contributed by atoms with Crippen LogP contribution < -0.4 is 33.7 Å². The smallest absolute Gasteiger partial charge is 0.768 e. The van der Waals surface area contributed by atoms with Crippen molar-refractivity contribution in [1.82, 2.24) is 0 Å². The molecule has 1 rings (SSSR count). The first-order valence-electron chi connectivity index (χ1n) is 5.60. The molecule has 0 aliphatic heterocycles.